The van der Waals surface area contributed by atoms with Crippen LogP contribution < -0.4 is 4.74 Å². The van der Waals surface area contributed by atoms with Crippen LogP contribution >= 0.6 is 11.6 Å². The maximum absolute atomic E-state index is 12.3. The molecule has 0 N–H and O–H groups in total. The minimum atomic E-state index is 0.0185. The van der Waals surface area contributed by atoms with Gasteiger partial charge in [-0.2, -0.15) is 0 Å². The number of nitrogens with zero attached hydrogens (tertiary/aromatic N) is 1. The number of methoxy groups -OCH3 is 1. The number of ether oxygens (including phenoxy) is 1. The van der Waals surface area contributed by atoms with Gasteiger partial charge in [-0.25, -0.2) is 0 Å². The van der Waals surface area contributed by atoms with E-state index >= 15 is 0 Å². The number of halogens is 1. The highest BCUT2D eigenvalue weighted by Gasteiger charge is 2.23. The van der Waals surface area contributed by atoms with Gasteiger partial charge in [-0.05, 0) is 37.5 Å². The molecule has 4 heteroatoms. The Labute approximate surface area is 106 Å². The van der Waals surface area contributed by atoms with Gasteiger partial charge in [0.05, 0.1) is 12.7 Å². The molecule has 0 atom stereocenters. The molecule has 1 aliphatic heterocycles. The number of hydrogen-bond donors (Lipinski definition) is 0. The molecule has 0 saturated carbocycles. The number of likely N-dealkylation sites (tertiary alicyclic amines) is 1. The lowest BCUT2D eigenvalue weighted by Gasteiger charge is -2.18. The molecule has 1 aromatic rings. The lowest BCUT2D eigenvalue weighted by Crippen LogP contribution is -2.28. The lowest BCUT2D eigenvalue weighted by molar-refractivity contribution is 0.0789. The van der Waals surface area contributed by atoms with E-state index in [-0.39, 0.29) is 5.91 Å². The summed E-state index contributed by atoms with van der Waals surface area (Å²) < 4.78 is 5.31. The van der Waals surface area contributed by atoms with E-state index in [1.54, 1.807) is 19.2 Å². The number of amides is 1. The second-order valence-electron chi connectivity index (χ2n) is 4.30. The number of carbonyl (C=O) groups excluding carboxylic acids is 1. The third-order valence-electron chi connectivity index (χ3n) is 3.07. The van der Waals surface area contributed by atoms with Crippen LogP contribution in [0, 0.1) is 6.92 Å². The standard InChI is InChI=1S/C13H16ClNO2/c1-9-7-10(14)8-11(12(9)17-2)13(16)15-5-3-4-6-15/h7-8H,3-6H2,1-2H3. The van der Waals surface area contributed by atoms with E-state index in [1.165, 1.54) is 0 Å². The van der Waals surface area contributed by atoms with Crippen molar-refractivity contribution in [3.63, 3.8) is 0 Å². The molecule has 1 heterocycles. The van der Waals surface area contributed by atoms with Crippen molar-refractivity contribution in [1.29, 1.82) is 0 Å². The fraction of sp³-hybridized carbons (Fsp3) is 0.462. The van der Waals surface area contributed by atoms with E-state index in [0.29, 0.717) is 16.3 Å². The summed E-state index contributed by atoms with van der Waals surface area (Å²) in [4.78, 5) is 14.2. The average Bonchev–Trinajstić information content (AvgIpc) is 2.80. The van der Waals surface area contributed by atoms with Gasteiger partial charge < -0.3 is 9.64 Å². The van der Waals surface area contributed by atoms with E-state index < -0.39 is 0 Å². The van der Waals surface area contributed by atoms with Crippen molar-refractivity contribution in [3.8, 4) is 5.75 Å². The zero-order valence-corrected chi connectivity index (χ0v) is 10.9. The summed E-state index contributed by atoms with van der Waals surface area (Å²) in [5.74, 6) is 0.649. The topological polar surface area (TPSA) is 29.5 Å². The maximum atomic E-state index is 12.3. The van der Waals surface area contributed by atoms with Gasteiger partial charge in [0.2, 0.25) is 0 Å². The Bertz CT molecular complexity index is 439. The van der Waals surface area contributed by atoms with Crippen molar-refractivity contribution in [2.75, 3.05) is 20.2 Å². The third-order valence-corrected chi connectivity index (χ3v) is 3.29. The number of hydrogen-bond acceptors (Lipinski definition) is 2. The van der Waals surface area contributed by atoms with Crippen LogP contribution in [0.1, 0.15) is 28.8 Å². The summed E-state index contributed by atoms with van der Waals surface area (Å²) in [5, 5.41) is 0.575. The van der Waals surface area contributed by atoms with Crippen molar-refractivity contribution in [2.24, 2.45) is 0 Å². The molecule has 1 saturated heterocycles. The summed E-state index contributed by atoms with van der Waals surface area (Å²) in [6, 6.07) is 3.50. The van der Waals surface area contributed by atoms with Gasteiger partial charge in [-0.1, -0.05) is 11.6 Å². The van der Waals surface area contributed by atoms with Crippen molar-refractivity contribution < 1.29 is 9.53 Å². The maximum Gasteiger partial charge on any atom is 0.257 e. The molecular formula is C13H16ClNO2. The highest BCUT2D eigenvalue weighted by atomic mass is 35.5. The van der Waals surface area contributed by atoms with Gasteiger partial charge in [0.25, 0.3) is 5.91 Å². The normalized spacial score (nSPS) is 15.1. The fourth-order valence-corrected chi connectivity index (χ4v) is 2.52. The lowest BCUT2D eigenvalue weighted by atomic mass is 10.1. The van der Waals surface area contributed by atoms with Crippen molar-refractivity contribution in [3.05, 3.63) is 28.3 Å². The first-order chi connectivity index (χ1) is 8.13. The molecule has 0 radical (unpaired) electrons. The largest absolute Gasteiger partial charge is 0.496 e. The number of rotatable bonds is 2. The van der Waals surface area contributed by atoms with E-state index in [2.05, 4.69) is 0 Å². The zero-order valence-electron chi connectivity index (χ0n) is 10.1. The van der Waals surface area contributed by atoms with Crippen LogP contribution in [0.25, 0.3) is 0 Å². The number of aryl methyl sites for hydroxylation is 1. The second kappa shape index (κ2) is 4.96. The van der Waals surface area contributed by atoms with E-state index in [1.807, 2.05) is 11.8 Å². The monoisotopic (exact) mass is 253 g/mol. The molecule has 1 aromatic carbocycles. The summed E-state index contributed by atoms with van der Waals surface area (Å²) in [5.41, 5.74) is 1.46. The van der Waals surface area contributed by atoms with Gasteiger partial charge in [-0.15, -0.1) is 0 Å². The molecule has 1 amide bonds. The quantitative estimate of drug-likeness (QED) is 0.811. The molecule has 0 unspecified atom stereocenters. The van der Waals surface area contributed by atoms with Crippen LogP contribution in [0.2, 0.25) is 5.02 Å². The molecule has 0 aromatic heterocycles. The Morgan fingerprint density at radius 2 is 2.00 bits per heavy atom. The molecule has 1 fully saturated rings. The molecule has 0 spiro atoms. The molecular weight excluding hydrogens is 238 g/mol. The minimum Gasteiger partial charge on any atom is -0.496 e. The summed E-state index contributed by atoms with van der Waals surface area (Å²) in [7, 11) is 1.58. The molecule has 0 aliphatic carbocycles. The van der Waals surface area contributed by atoms with E-state index in [4.69, 9.17) is 16.3 Å². The van der Waals surface area contributed by atoms with Gasteiger partial charge in [0.15, 0.2) is 0 Å². The van der Waals surface area contributed by atoms with Gasteiger partial charge in [0, 0.05) is 18.1 Å². The predicted molar refractivity (Wildman–Crippen MR) is 67.9 cm³/mol. The zero-order chi connectivity index (χ0) is 12.4. The first kappa shape index (κ1) is 12.2. The third kappa shape index (κ3) is 2.39. The number of benzene rings is 1. The Hall–Kier alpha value is -1.22. The Kier molecular flexibility index (Phi) is 3.57. The predicted octanol–water partition coefficient (Wildman–Crippen LogP) is 2.89. The van der Waals surface area contributed by atoms with Crippen LogP contribution in [0.5, 0.6) is 5.75 Å². The first-order valence-corrected chi connectivity index (χ1v) is 6.14. The van der Waals surface area contributed by atoms with E-state index in [9.17, 15) is 4.79 Å². The van der Waals surface area contributed by atoms with E-state index in [0.717, 1.165) is 31.5 Å². The van der Waals surface area contributed by atoms with Crippen molar-refractivity contribution in [1.82, 2.24) is 4.90 Å². The van der Waals surface area contributed by atoms with Crippen molar-refractivity contribution in [2.45, 2.75) is 19.8 Å². The average molecular weight is 254 g/mol. The molecule has 2 rings (SSSR count). The Balaban J connectivity index is 2.39. The van der Waals surface area contributed by atoms with Crippen LogP contribution in [-0.2, 0) is 0 Å². The summed E-state index contributed by atoms with van der Waals surface area (Å²) >= 11 is 6.00. The van der Waals surface area contributed by atoms with Gasteiger partial charge in [0.1, 0.15) is 5.75 Å². The van der Waals surface area contributed by atoms with Crippen LogP contribution in [0.15, 0.2) is 12.1 Å². The van der Waals surface area contributed by atoms with Crippen LogP contribution in [-0.4, -0.2) is 31.0 Å². The SMILES string of the molecule is COc1c(C)cc(Cl)cc1C(=O)N1CCCC1. The highest BCUT2D eigenvalue weighted by molar-refractivity contribution is 6.31. The molecule has 0 bridgehead atoms. The smallest absolute Gasteiger partial charge is 0.257 e. The van der Waals surface area contributed by atoms with Gasteiger partial charge in [-0.3, -0.25) is 4.79 Å². The second-order valence-corrected chi connectivity index (χ2v) is 4.74. The summed E-state index contributed by atoms with van der Waals surface area (Å²) in [6.45, 7) is 3.55. The Morgan fingerprint density at radius 3 is 2.59 bits per heavy atom. The molecule has 17 heavy (non-hydrogen) atoms. The minimum absolute atomic E-state index is 0.0185. The highest BCUT2D eigenvalue weighted by Crippen LogP contribution is 2.29. The van der Waals surface area contributed by atoms with Gasteiger partial charge >= 0.3 is 0 Å². The number of carbonyl (C=O) groups is 1. The van der Waals surface area contributed by atoms with Crippen LogP contribution in [0.4, 0.5) is 0 Å². The van der Waals surface area contributed by atoms with Crippen LogP contribution in [0.3, 0.4) is 0 Å². The molecule has 92 valence electrons. The van der Waals surface area contributed by atoms with Crippen molar-refractivity contribution >= 4 is 17.5 Å². The Morgan fingerprint density at radius 1 is 1.35 bits per heavy atom. The summed E-state index contributed by atoms with van der Waals surface area (Å²) in [6.07, 6.45) is 2.15. The molecule has 1 aliphatic rings. The first-order valence-electron chi connectivity index (χ1n) is 5.77. The fourth-order valence-electron chi connectivity index (χ4n) is 2.25. The molecule has 3 nitrogen and oxygen atoms in total.